The first-order chi connectivity index (χ1) is 7.70. The average molecular weight is 254 g/mol. The molecule has 0 atom stereocenters. The number of nitrogens with one attached hydrogen (secondary N) is 1. The van der Waals surface area contributed by atoms with Gasteiger partial charge in [-0.15, -0.1) is 0 Å². The zero-order valence-electron chi connectivity index (χ0n) is 9.65. The molecule has 0 saturated carbocycles. The number of hydrogen-bond acceptors (Lipinski definition) is 3. The Kier molecular flexibility index (Phi) is 2.52. The molecule has 0 unspecified atom stereocenters. The molecule has 0 radical (unpaired) electrons. The smallest absolute Gasteiger partial charge is 0.238 e. The SMILES string of the molecule is CC1(C)CC(=O)Nc2ccc(S(N)(=O)=O)cc21. The molecule has 0 aromatic heterocycles. The minimum absolute atomic E-state index is 0.0640. The fraction of sp³-hybridized carbons (Fsp3) is 0.364. The molecule has 92 valence electrons. The molecular weight excluding hydrogens is 240 g/mol. The Morgan fingerprint density at radius 2 is 2.00 bits per heavy atom. The summed E-state index contributed by atoms with van der Waals surface area (Å²) in [5.41, 5.74) is 1.06. The summed E-state index contributed by atoms with van der Waals surface area (Å²) < 4.78 is 22.6. The highest BCUT2D eigenvalue weighted by Gasteiger charge is 2.32. The van der Waals surface area contributed by atoms with E-state index >= 15 is 0 Å². The summed E-state index contributed by atoms with van der Waals surface area (Å²) in [5.74, 6) is -0.0640. The zero-order valence-corrected chi connectivity index (χ0v) is 10.5. The molecule has 0 aliphatic carbocycles. The Morgan fingerprint density at radius 1 is 1.35 bits per heavy atom. The van der Waals surface area contributed by atoms with E-state index in [9.17, 15) is 13.2 Å². The highest BCUT2D eigenvalue weighted by atomic mass is 32.2. The van der Waals surface area contributed by atoms with Crippen molar-refractivity contribution in [3.63, 3.8) is 0 Å². The molecule has 3 N–H and O–H groups in total. The first-order valence-electron chi connectivity index (χ1n) is 5.17. The maximum Gasteiger partial charge on any atom is 0.238 e. The van der Waals surface area contributed by atoms with Crippen LogP contribution in [0.1, 0.15) is 25.8 Å². The lowest BCUT2D eigenvalue weighted by Gasteiger charge is -2.32. The van der Waals surface area contributed by atoms with Crippen LogP contribution in [0.3, 0.4) is 0 Å². The molecule has 5 nitrogen and oxygen atoms in total. The van der Waals surface area contributed by atoms with Gasteiger partial charge in [0.15, 0.2) is 0 Å². The maximum absolute atomic E-state index is 11.5. The van der Waals surface area contributed by atoms with Gasteiger partial charge >= 0.3 is 0 Å². The molecule has 0 bridgehead atoms. The van der Waals surface area contributed by atoms with Crippen LogP contribution in [-0.2, 0) is 20.2 Å². The van der Waals surface area contributed by atoms with Crippen LogP contribution in [0.4, 0.5) is 5.69 Å². The lowest BCUT2D eigenvalue weighted by atomic mass is 9.78. The van der Waals surface area contributed by atoms with Crippen molar-refractivity contribution in [3.8, 4) is 0 Å². The van der Waals surface area contributed by atoms with Gasteiger partial charge in [-0.2, -0.15) is 0 Å². The van der Waals surface area contributed by atoms with Crippen LogP contribution in [-0.4, -0.2) is 14.3 Å². The van der Waals surface area contributed by atoms with Crippen molar-refractivity contribution >= 4 is 21.6 Å². The molecule has 0 fully saturated rings. The molecule has 1 aliphatic heterocycles. The van der Waals surface area contributed by atoms with Gasteiger partial charge in [-0.05, 0) is 23.8 Å². The Balaban J connectivity index is 2.63. The van der Waals surface area contributed by atoms with E-state index in [0.717, 1.165) is 5.56 Å². The van der Waals surface area contributed by atoms with Crippen molar-refractivity contribution in [2.24, 2.45) is 5.14 Å². The second kappa shape index (κ2) is 3.54. The summed E-state index contributed by atoms with van der Waals surface area (Å²) >= 11 is 0. The lowest BCUT2D eigenvalue weighted by molar-refractivity contribution is -0.117. The van der Waals surface area contributed by atoms with E-state index in [1.807, 2.05) is 13.8 Å². The second-order valence-electron chi connectivity index (χ2n) is 4.86. The molecule has 1 heterocycles. The molecule has 1 aromatic carbocycles. The average Bonchev–Trinajstić information content (AvgIpc) is 2.13. The van der Waals surface area contributed by atoms with Crippen molar-refractivity contribution < 1.29 is 13.2 Å². The highest BCUT2D eigenvalue weighted by Crippen LogP contribution is 2.37. The van der Waals surface area contributed by atoms with Gasteiger partial charge in [0.2, 0.25) is 15.9 Å². The maximum atomic E-state index is 11.5. The number of anilines is 1. The van der Waals surface area contributed by atoms with Crippen LogP contribution in [0.2, 0.25) is 0 Å². The summed E-state index contributed by atoms with van der Waals surface area (Å²) in [7, 11) is -3.71. The number of amides is 1. The van der Waals surface area contributed by atoms with E-state index in [0.29, 0.717) is 12.1 Å². The Hall–Kier alpha value is -1.40. The van der Waals surface area contributed by atoms with Crippen LogP contribution in [0.5, 0.6) is 0 Å². The van der Waals surface area contributed by atoms with E-state index < -0.39 is 15.4 Å². The van der Waals surface area contributed by atoms with Crippen LogP contribution in [0, 0.1) is 0 Å². The second-order valence-corrected chi connectivity index (χ2v) is 6.42. The number of sulfonamides is 1. The molecule has 1 aromatic rings. The quantitative estimate of drug-likeness (QED) is 0.782. The molecule has 0 spiro atoms. The molecule has 6 heteroatoms. The third-order valence-corrected chi connectivity index (χ3v) is 3.84. The summed E-state index contributed by atoms with van der Waals surface area (Å²) in [5, 5.41) is 7.81. The van der Waals surface area contributed by atoms with Gasteiger partial charge < -0.3 is 5.32 Å². The normalized spacial score (nSPS) is 18.4. The van der Waals surface area contributed by atoms with Crippen LogP contribution in [0.15, 0.2) is 23.1 Å². The first-order valence-corrected chi connectivity index (χ1v) is 6.72. The first kappa shape index (κ1) is 12.1. The number of nitrogens with two attached hydrogens (primary N) is 1. The standard InChI is InChI=1S/C11H14N2O3S/c1-11(2)6-10(14)13-9-4-3-7(5-8(9)11)17(12,15)16/h3-5H,6H2,1-2H3,(H,13,14)(H2,12,15,16). The highest BCUT2D eigenvalue weighted by molar-refractivity contribution is 7.89. The van der Waals surface area contributed by atoms with Crippen molar-refractivity contribution in [3.05, 3.63) is 23.8 Å². The minimum Gasteiger partial charge on any atom is -0.326 e. The van der Waals surface area contributed by atoms with Crippen LogP contribution in [0.25, 0.3) is 0 Å². The van der Waals surface area contributed by atoms with Crippen LogP contribution >= 0.6 is 0 Å². The van der Waals surface area contributed by atoms with Gasteiger partial charge in [-0.1, -0.05) is 13.8 Å². The Labute approximate surface area is 100 Å². The van der Waals surface area contributed by atoms with Crippen molar-refractivity contribution in [2.45, 2.75) is 30.6 Å². The number of hydrogen-bond donors (Lipinski definition) is 2. The molecule has 1 aliphatic rings. The van der Waals surface area contributed by atoms with E-state index in [-0.39, 0.29) is 10.8 Å². The van der Waals surface area contributed by atoms with Gasteiger partial charge in [0, 0.05) is 17.5 Å². The predicted molar refractivity (Wildman–Crippen MR) is 64.1 cm³/mol. The van der Waals surface area contributed by atoms with E-state index in [1.165, 1.54) is 12.1 Å². The molecule has 17 heavy (non-hydrogen) atoms. The van der Waals surface area contributed by atoms with Crippen LogP contribution < -0.4 is 10.5 Å². The summed E-state index contributed by atoms with van der Waals surface area (Å²) in [6, 6.07) is 4.51. The van der Waals surface area contributed by atoms with Gasteiger partial charge in [-0.3, -0.25) is 4.79 Å². The number of carbonyl (C=O) groups is 1. The number of fused-ring (bicyclic) bond motifs is 1. The number of carbonyl (C=O) groups excluding carboxylic acids is 1. The van der Waals surface area contributed by atoms with E-state index in [4.69, 9.17) is 5.14 Å². The summed E-state index contributed by atoms with van der Waals surface area (Å²) in [6.07, 6.45) is 0.327. The van der Waals surface area contributed by atoms with Gasteiger partial charge in [-0.25, -0.2) is 13.6 Å². The van der Waals surface area contributed by atoms with Gasteiger partial charge in [0.1, 0.15) is 0 Å². The number of rotatable bonds is 1. The van der Waals surface area contributed by atoms with Gasteiger partial charge in [0.05, 0.1) is 4.90 Å². The van der Waals surface area contributed by atoms with Gasteiger partial charge in [0.25, 0.3) is 0 Å². The van der Waals surface area contributed by atoms with Crippen molar-refractivity contribution in [1.29, 1.82) is 0 Å². The molecule has 2 rings (SSSR count). The fourth-order valence-electron chi connectivity index (χ4n) is 2.06. The third kappa shape index (κ3) is 2.18. The Morgan fingerprint density at radius 3 is 2.59 bits per heavy atom. The topological polar surface area (TPSA) is 89.3 Å². The Bertz CT molecular complexity index is 591. The largest absolute Gasteiger partial charge is 0.326 e. The van der Waals surface area contributed by atoms with Crippen molar-refractivity contribution in [2.75, 3.05) is 5.32 Å². The predicted octanol–water partition coefficient (Wildman–Crippen LogP) is 0.954. The van der Waals surface area contributed by atoms with Crippen molar-refractivity contribution in [1.82, 2.24) is 0 Å². The number of benzene rings is 1. The summed E-state index contributed by atoms with van der Waals surface area (Å²) in [6.45, 7) is 3.80. The monoisotopic (exact) mass is 254 g/mol. The zero-order chi connectivity index (χ0) is 12.8. The molecular formula is C11H14N2O3S. The van der Waals surface area contributed by atoms with E-state index in [2.05, 4.69) is 5.32 Å². The lowest BCUT2D eigenvalue weighted by Crippen LogP contribution is -2.32. The third-order valence-electron chi connectivity index (χ3n) is 2.93. The molecule has 1 amide bonds. The minimum atomic E-state index is -3.71. The molecule has 0 saturated heterocycles. The fourth-order valence-corrected chi connectivity index (χ4v) is 2.60. The number of primary sulfonamides is 1. The van der Waals surface area contributed by atoms with E-state index in [1.54, 1.807) is 6.07 Å². The summed E-state index contributed by atoms with van der Waals surface area (Å²) in [4.78, 5) is 11.5.